The topological polar surface area (TPSA) is 29.3 Å². The van der Waals surface area contributed by atoms with Crippen molar-refractivity contribution in [2.45, 2.75) is 59.4 Å². The summed E-state index contributed by atoms with van der Waals surface area (Å²) in [4.78, 5) is 2.68. The first-order valence-corrected chi connectivity index (χ1v) is 7.48. The first-order valence-electron chi connectivity index (χ1n) is 7.48. The largest absolute Gasteiger partial charge is 0.330 e. The van der Waals surface area contributed by atoms with E-state index in [0.717, 1.165) is 30.3 Å². The standard InChI is InChI=1S/C15H32N2/c1-12(2)10-15(11-16)7-9-17-8-5-6-13(3)14(17)4/h12-15H,5-11,16H2,1-4H3. The molecule has 0 amide bonds. The van der Waals surface area contributed by atoms with Gasteiger partial charge in [0.15, 0.2) is 0 Å². The number of rotatable bonds is 6. The van der Waals surface area contributed by atoms with Crippen molar-refractivity contribution >= 4 is 0 Å². The maximum Gasteiger partial charge on any atom is 0.00925 e. The normalized spacial score (nSPS) is 28.6. The average molecular weight is 240 g/mol. The minimum Gasteiger partial charge on any atom is -0.330 e. The molecule has 1 rings (SSSR count). The van der Waals surface area contributed by atoms with Crippen LogP contribution >= 0.6 is 0 Å². The molecule has 0 aromatic heterocycles. The van der Waals surface area contributed by atoms with Crippen LogP contribution in [0.4, 0.5) is 0 Å². The van der Waals surface area contributed by atoms with Gasteiger partial charge >= 0.3 is 0 Å². The predicted octanol–water partition coefficient (Wildman–Crippen LogP) is 3.12. The second kappa shape index (κ2) is 7.38. The van der Waals surface area contributed by atoms with Gasteiger partial charge in [0.1, 0.15) is 0 Å². The van der Waals surface area contributed by atoms with Gasteiger partial charge in [0.2, 0.25) is 0 Å². The van der Waals surface area contributed by atoms with Gasteiger partial charge in [-0.25, -0.2) is 0 Å². The Kier molecular flexibility index (Phi) is 6.50. The van der Waals surface area contributed by atoms with Gasteiger partial charge in [0.05, 0.1) is 0 Å². The second-order valence-corrected chi connectivity index (χ2v) is 6.42. The van der Waals surface area contributed by atoms with Gasteiger partial charge < -0.3 is 10.6 Å². The van der Waals surface area contributed by atoms with Gasteiger partial charge in [-0.3, -0.25) is 0 Å². The second-order valence-electron chi connectivity index (χ2n) is 6.42. The molecular formula is C15H32N2. The van der Waals surface area contributed by atoms with Crippen molar-refractivity contribution in [3.63, 3.8) is 0 Å². The van der Waals surface area contributed by atoms with Crippen LogP contribution in [0.3, 0.4) is 0 Å². The van der Waals surface area contributed by atoms with Gasteiger partial charge in [-0.2, -0.15) is 0 Å². The van der Waals surface area contributed by atoms with E-state index in [1.807, 2.05) is 0 Å². The van der Waals surface area contributed by atoms with E-state index in [1.165, 1.54) is 38.8 Å². The van der Waals surface area contributed by atoms with Gasteiger partial charge in [0.25, 0.3) is 0 Å². The Morgan fingerprint density at radius 2 is 2.00 bits per heavy atom. The summed E-state index contributed by atoms with van der Waals surface area (Å²) < 4.78 is 0. The van der Waals surface area contributed by atoms with E-state index in [1.54, 1.807) is 0 Å². The molecule has 0 aliphatic carbocycles. The molecule has 0 aromatic rings. The van der Waals surface area contributed by atoms with E-state index >= 15 is 0 Å². The van der Waals surface area contributed by atoms with E-state index < -0.39 is 0 Å². The third-order valence-electron chi connectivity index (χ3n) is 4.47. The highest BCUT2D eigenvalue weighted by Crippen LogP contribution is 2.24. The number of likely N-dealkylation sites (tertiary alicyclic amines) is 1. The molecule has 1 fully saturated rings. The molecular weight excluding hydrogens is 208 g/mol. The van der Waals surface area contributed by atoms with Crippen LogP contribution in [0, 0.1) is 17.8 Å². The zero-order valence-electron chi connectivity index (χ0n) is 12.3. The molecule has 0 aromatic carbocycles. The van der Waals surface area contributed by atoms with Crippen molar-refractivity contribution in [2.24, 2.45) is 23.5 Å². The highest BCUT2D eigenvalue weighted by molar-refractivity contribution is 4.79. The van der Waals surface area contributed by atoms with Crippen molar-refractivity contribution in [3.05, 3.63) is 0 Å². The molecule has 0 radical (unpaired) electrons. The molecule has 3 atom stereocenters. The summed E-state index contributed by atoms with van der Waals surface area (Å²) in [6, 6.07) is 0.765. The van der Waals surface area contributed by atoms with E-state index in [-0.39, 0.29) is 0 Å². The molecule has 2 heteroatoms. The van der Waals surface area contributed by atoms with Crippen molar-refractivity contribution < 1.29 is 0 Å². The summed E-state index contributed by atoms with van der Waals surface area (Å²) in [5, 5.41) is 0. The summed E-state index contributed by atoms with van der Waals surface area (Å²) in [6.07, 6.45) is 5.35. The first kappa shape index (κ1) is 15.0. The Bertz CT molecular complexity index is 203. The zero-order valence-corrected chi connectivity index (χ0v) is 12.3. The van der Waals surface area contributed by atoms with Gasteiger partial charge in [-0.05, 0) is 70.0 Å². The lowest BCUT2D eigenvalue weighted by atomic mass is 9.90. The molecule has 1 saturated heterocycles. The number of hydrogen-bond donors (Lipinski definition) is 1. The van der Waals surface area contributed by atoms with E-state index in [9.17, 15) is 0 Å². The summed E-state index contributed by atoms with van der Waals surface area (Å²) >= 11 is 0. The van der Waals surface area contributed by atoms with Crippen LogP contribution in [0.2, 0.25) is 0 Å². The highest BCUT2D eigenvalue weighted by atomic mass is 15.2. The summed E-state index contributed by atoms with van der Waals surface area (Å²) in [7, 11) is 0. The zero-order chi connectivity index (χ0) is 12.8. The van der Waals surface area contributed by atoms with Crippen molar-refractivity contribution in [2.75, 3.05) is 19.6 Å². The minimum absolute atomic E-state index is 0.722. The Morgan fingerprint density at radius 3 is 2.59 bits per heavy atom. The maximum atomic E-state index is 5.88. The number of piperidine rings is 1. The summed E-state index contributed by atoms with van der Waals surface area (Å²) in [6.45, 7) is 12.8. The van der Waals surface area contributed by atoms with Crippen molar-refractivity contribution in [1.82, 2.24) is 4.90 Å². The lowest BCUT2D eigenvalue weighted by Gasteiger charge is -2.38. The highest BCUT2D eigenvalue weighted by Gasteiger charge is 2.24. The third kappa shape index (κ3) is 4.97. The van der Waals surface area contributed by atoms with Crippen LogP contribution < -0.4 is 5.73 Å². The molecule has 17 heavy (non-hydrogen) atoms. The van der Waals surface area contributed by atoms with Crippen molar-refractivity contribution in [1.29, 1.82) is 0 Å². The lowest BCUT2D eigenvalue weighted by Crippen LogP contribution is -2.43. The molecule has 2 nitrogen and oxygen atoms in total. The van der Waals surface area contributed by atoms with Crippen molar-refractivity contribution in [3.8, 4) is 0 Å². The molecule has 3 unspecified atom stereocenters. The predicted molar refractivity (Wildman–Crippen MR) is 76.0 cm³/mol. The molecule has 1 heterocycles. The fourth-order valence-electron chi connectivity index (χ4n) is 3.08. The van der Waals surface area contributed by atoms with Gasteiger partial charge in [-0.1, -0.05) is 20.8 Å². The fourth-order valence-corrected chi connectivity index (χ4v) is 3.08. The number of nitrogens with zero attached hydrogens (tertiary/aromatic N) is 1. The van der Waals surface area contributed by atoms with Gasteiger partial charge in [0, 0.05) is 6.04 Å². The summed E-state index contributed by atoms with van der Waals surface area (Å²) in [5.74, 6) is 2.37. The Hall–Kier alpha value is -0.0800. The SMILES string of the molecule is CC(C)CC(CN)CCN1CCCC(C)C1C. The fraction of sp³-hybridized carbons (Fsp3) is 1.00. The monoisotopic (exact) mass is 240 g/mol. The Labute approximate surface area is 108 Å². The first-order chi connectivity index (χ1) is 8.04. The molecule has 1 aliphatic rings. The number of nitrogens with two attached hydrogens (primary N) is 1. The lowest BCUT2D eigenvalue weighted by molar-refractivity contribution is 0.105. The van der Waals surface area contributed by atoms with Crippen LogP contribution in [-0.4, -0.2) is 30.6 Å². The van der Waals surface area contributed by atoms with Gasteiger partial charge in [-0.15, -0.1) is 0 Å². The van der Waals surface area contributed by atoms with E-state index in [0.29, 0.717) is 0 Å². The smallest absolute Gasteiger partial charge is 0.00925 e. The van der Waals surface area contributed by atoms with Crippen LogP contribution in [0.15, 0.2) is 0 Å². The molecule has 0 bridgehead atoms. The molecule has 0 spiro atoms. The molecule has 102 valence electrons. The summed E-state index contributed by atoms with van der Waals surface area (Å²) in [5.41, 5.74) is 5.88. The van der Waals surface area contributed by atoms with E-state index in [2.05, 4.69) is 32.6 Å². The molecule has 2 N–H and O–H groups in total. The Balaban J connectivity index is 2.32. The molecule has 0 saturated carbocycles. The molecule has 1 aliphatic heterocycles. The third-order valence-corrected chi connectivity index (χ3v) is 4.47. The number of hydrogen-bond acceptors (Lipinski definition) is 2. The average Bonchev–Trinajstić information content (AvgIpc) is 2.28. The Morgan fingerprint density at radius 1 is 1.29 bits per heavy atom. The van der Waals surface area contributed by atoms with E-state index in [4.69, 9.17) is 5.73 Å². The van der Waals surface area contributed by atoms with Crippen LogP contribution in [0.5, 0.6) is 0 Å². The van der Waals surface area contributed by atoms with Crippen LogP contribution in [-0.2, 0) is 0 Å². The maximum absolute atomic E-state index is 5.88. The minimum atomic E-state index is 0.722. The van der Waals surface area contributed by atoms with Crippen LogP contribution in [0.1, 0.15) is 53.4 Å². The van der Waals surface area contributed by atoms with Crippen LogP contribution in [0.25, 0.3) is 0 Å². The quantitative estimate of drug-likeness (QED) is 0.773.